The summed E-state index contributed by atoms with van der Waals surface area (Å²) >= 11 is 0. The monoisotopic (exact) mass is 278 g/mol. The van der Waals surface area contributed by atoms with Crippen LogP contribution in [0.15, 0.2) is 18.2 Å². The standard InChI is InChI=1S/C17H30OSi/c1-16(2,3)13-10-11-15(18-19(7,8)9)14(12-13)17(4,5)6/h10-12H,1-9H3. The lowest BCUT2D eigenvalue weighted by Crippen LogP contribution is -2.31. The van der Waals surface area contributed by atoms with Crippen molar-refractivity contribution in [2.45, 2.75) is 72.0 Å². The van der Waals surface area contributed by atoms with Crippen molar-refractivity contribution in [3.63, 3.8) is 0 Å². The zero-order valence-corrected chi connectivity index (χ0v) is 15.1. The van der Waals surface area contributed by atoms with Crippen LogP contribution in [0.3, 0.4) is 0 Å². The summed E-state index contributed by atoms with van der Waals surface area (Å²) in [5.41, 5.74) is 2.98. The molecule has 0 amide bonds. The molecule has 0 aliphatic rings. The maximum atomic E-state index is 6.27. The van der Waals surface area contributed by atoms with Gasteiger partial charge in [0.2, 0.25) is 8.32 Å². The maximum absolute atomic E-state index is 6.27. The summed E-state index contributed by atoms with van der Waals surface area (Å²) in [7, 11) is -1.57. The van der Waals surface area contributed by atoms with Gasteiger partial charge in [-0.1, -0.05) is 53.7 Å². The summed E-state index contributed by atoms with van der Waals surface area (Å²) < 4.78 is 6.27. The molecule has 0 spiro atoms. The first kappa shape index (κ1) is 16.3. The van der Waals surface area contributed by atoms with E-state index in [-0.39, 0.29) is 10.8 Å². The predicted octanol–water partition coefficient (Wildman–Crippen LogP) is 5.50. The van der Waals surface area contributed by atoms with Crippen molar-refractivity contribution in [2.24, 2.45) is 0 Å². The molecule has 0 saturated carbocycles. The Balaban J connectivity index is 3.34. The summed E-state index contributed by atoms with van der Waals surface area (Å²) in [6, 6.07) is 6.71. The second-order valence-electron chi connectivity index (χ2n) is 8.43. The highest BCUT2D eigenvalue weighted by molar-refractivity contribution is 6.70. The molecule has 0 atom stereocenters. The van der Waals surface area contributed by atoms with E-state index in [1.807, 2.05) is 0 Å². The molecular weight excluding hydrogens is 248 g/mol. The molecule has 1 rings (SSSR count). The molecule has 0 bridgehead atoms. The van der Waals surface area contributed by atoms with Crippen molar-refractivity contribution in [1.29, 1.82) is 0 Å². The van der Waals surface area contributed by atoms with E-state index in [1.54, 1.807) is 0 Å². The highest BCUT2D eigenvalue weighted by Gasteiger charge is 2.25. The Morgan fingerprint density at radius 1 is 0.842 bits per heavy atom. The van der Waals surface area contributed by atoms with Crippen molar-refractivity contribution in [3.8, 4) is 5.75 Å². The second kappa shape index (κ2) is 4.97. The van der Waals surface area contributed by atoms with Crippen LogP contribution in [0, 0.1) is 0 Å². The van der Waals surface area contributed by atoms with Crippen molar-refractivity contribution in [1.82, 2.24) is 0 Å². The quantitative estimate of drug-likeness (QED) is 0.649. The maximum Gasteiger partial charge on any atom is 0.242 e. The van der Waals surface area contributed by atoms with Crippen LogP contribution >= 0.6 is 0 Å². The van der Waals surface area contributed by atoms with E-state index in [2.05, 4.69) is 79.4 Å². The van der Waals surface area contributed by atoms with Crippen LogP contribution in [-0.4, -0.2) is 8.32 Å². The van der Waals surface area contributed by atoms with E-state index in [0.717, 1.165) is 5.75 Å². The van der Waals surface area contributed by atoms with Gasteiger partial charge in [-0.15, -0.1) is 0 Å². The SMILES string of the molecule is CC(C)(C)c1ccc(O[Si](C)(C)C)c(C(C)(C)C)c1. The lowest BCUT2D eigenvalue weighted by molar-refractivity contribution is 0.503. The molecule has 0 unspecified atom stereocenters. The van der Waals surface area contributed by atoms with Gasteiger partial charge in [-0.3, -0.25) is 0 Å². The zero-order valence-electron chi connectivity index (χ0n) is 14.1. The summed E-state index contributed by atoms with van der Waals surface area (Å²) in [5.74, 6) is 1.07. The minimum Gasteiger partial charge on any atom is -0.544 e. The molecule has 2 heteroatoms. The third-order valence-electron chi connectivity index (χ3n) is 3.07. The average Bonchev–Trinajstić information content (AvgIpc) is 2.11. The molecule has 0 radical (unpaired) electrons. The lowest BCUT2D eigenvalue weighted by atomic mass is 9.80. The molecule has 1 aromatic carbocycles. The third-order valence-corrected chi connectivity index (χ3v) is 3.90. The van der Waals surface area contributed by atoms with Gasteiger partial charge in [0.05, 0.1) is 0 Å². The fourth-order valence-corrected chi connectivity index (χ4v) is 2.84. The molecule has 0 aliphatic carbocycles. The van der Waals surface area contributed by atoms with Gasteiger partial charge in [0.1, 0.15) is 5.75 Å². The Morgan fingerprint density at radius 2 is 1.37 bits per heavy atom. The Kier molecular flexibility index (Phi) is 4.26. The molecule has 0 heterocycles. The van der Waals surface area contributed by atoms with E-state index in [1.165, 1.54) is 11.1 Å². The van der Waals surface area contributed by atoms with Crippen molar-refractivity contribution in [3.05, 3.63) is 29.3 Å². The van der Waals surface area contributed by atoms with Gasteiger partial charge in [0.25, 0.3) is 0 Å². The Hall–Kier alpha value is -0.763. The fraction of sp³-hybridized carbons (Fsp3) is 0.647. The third kappa shape index (κ3) is 4.68. The molecule has 0 aromatic heterocycles. The topological polar surface area (TPSA) is 9.23 Å². The smallest absolute Gasteiger partial charge is 0.242 e. The second-order valence-corrected chi connectivity index (χ2v) is 12.9. The molecular formula is C17H30OSi. The molecule has 108 valence electrons. The Labute approximate surface area is 120 Å². The highest BCUT2D eigenvalue weighted by atomic mass is 28.4. The van der Waals surface area contributed by atoms with Crippen molar-refractivity contribution in [2.75, 3.05) is 0 Å². The first-order chi connectivity index (χ1) is 8.31. The first-order valence-electron chi connectivity index (χ1n) is 7.15. The molecule has 0 fully saturated rings. The van der Waals surface area contributed by atoms with Crippen LogP contribution in [0.4, 0.5) is 0 Å². The molecule has 0 N–H and O–H groups in total. The van der Waals surface area contributed by atoms with Crippen LogP contribution in [0.25, 0.3) is 0 Å². The van der Waals surface area contributed by atoms with Gasteiger partial charge < -0.3 is 4.43 Å². The molecule has 19 heavy (non-hydrogen) atoms. The summed E-state index contributed by atoms with van der Waals surface area (Å²) in [5, 5.41) is 0. The van der Waals surface area contributed by atoms with Gasteiger partial charge in [-0.25, -0.2) is 0 Å². The van der Waals surface area contributed by atoms with Crippen LogP contribution < -0.4 is 4.43 Å². The summed E-state index contributed by atoms with van der Waals surface area (Å²) in [4.78, 5) is 0. The largest absolute Gasteiger partial charge is 0.544 e. The Bertz CT molecular complexity index is 442. The van der Waals surface area contributed by atoms with Crippen LogP contribution in [0.2, 0.25) is 19.6 Å². The van der Waals surface area contributed by atoms with E-state index >= 15 is 0 Å². The van der Waals surface area contributed by atoms with E-state index in [9.17, 15) is 0 Å². The molecule has 1 nitrogen and oxygen atoms in total. The highest BCUT2D eigenvalue weighted by Crippen LogP contribution is 2.36. The van der Waals surface area contributed by atoms with Gasteiger partial charge >= 0.3 is 0 Å². The minimum absolute atomic E-state index is 0.107. The number of hydrogen-bond donors (Lipinski definition) is 0. The van der Waals surface area contributed by atoms with E-state index in [0.29, 0.717) is 0 Å². The Morgan fingerprint density at radius 3 is 1.74 bits per heavy atom. The van der Waals surface area contributed by atoms with Crippen molar-refractivity contribution >= 4 is 8.32 Å². The van der Waals surface area contributed by atoms with Gasteiger partial charge in [-0.05, 0) is 47.7 Å². The first-order valence-corrected chi connectivity index (χ1v) is 10.6. The minimum atomic E-state index is -1.57. The van der Waals surface area contributed by atoms with Crippen molar-refractivity contribution < 1.29 is 4.43 Å². The van der Waals surface area contributed by atoms with Gasteiger partial charge in [-0.2, -0.15) is 0 Å². The molecule has 0 aliphatic heterocycles. The summed E-state index contributed by atoms with van der Waals surface area (Å²) in [6.07, 6.45) is 0. The average molecular weight is 279 g/mol. The number of benzene rings is 1. The molecule has 1 aromatic rings. The van der Waals surface area contributed by atoms with E-state index < -0.39 is 8.32 Å². The van der Waals surface area contributed by atoms with Crippen LogP contribution in [0.5, 0.6) is 5.75 Å². The predicted molar refractivity (Wildman–Crippen MR) is 87.8 cm³/mol. The van der Waals surface area contributed by atoms with Gasteiger partial charge in [0, 0.05) is 0 Å². The normalized spacial score (nSPS) is 13.5. The summed E-state index contributed by atoms with van der Waals surface area (Å²) in [6.45, 7) is 20.2. The van der Waals surface area contributed by atoms with Crippen LogP contribution in [0.1, 0.15) is 52.7 Å². The van der Waals surface area contributed by atoms with E-state index in [4.69, 9.17) is 4.43 Å². The van der Waals surface area contributed by atoms with Crippen LogP contribution in [-0.2, 0) is 10.8 Å². The number of hydrogen-bond acceptors (Lipinski definition) is 1. The van der Waals surface area contributed by atoms with Gasteiger partial charge in [0.15, 0.2) is 0 Å². The lowest BCUT2D eigenvalue weighted by Gasteiger charge is -2.30. The fourth-order valence-electron chi connectivity index (χ4n) is 2.00. The number of rotatable bonds is 2. The molecule has 0 saturated heterocycles. The zero-order chi connectivity index (χ0) is 15.1.